The predicted molar refractivity (Wildman–Crippen MR) is 114 cm³/mol. The Morgan fingerprint density at radius 2 is 1.38 bits per heavy atom. The maximum atomic E-state index is 13.0. The molecule has 0 spiro atoms. The van der Waals surface area contributed by atoms with E-state index in [1.807, 2.05) is 0 Å². The van der Waals surface area contributed by atoms with Crippen LogP contribution < -0.4 is 0 Å². The fraction of sp³-hybridized carbons (Fsp3) is 0.0526. The Bertz CT molecular complexity index is 1200. The highest BCUT2D eigenvalue weighted by Crippen LogP contribution is 2.53. The average molecular weight is 494 g/mol. The molecular formula is C19H12Cl4O5S. The van der Waals surface area contributed by atoms with Gasteiger partial charge in [0.1, 0.15) is 11.5 Å². The van der Waals surface area contributed by atoms with Crippen molar-refractivity contribution in [1.29, 1.82) is 0 Å². The van der Waals surface area contributed by atoms with Crippen molar-refractivity contribution >= 4 is 56.5 Å². The first-order valence-electron chi connectivity index (χ1n) is 7.89. The second-order valence-electron chi connectivity index (χ2n) is 6.08. The lowest BCUT2D eigenvalue weighted by Gasteiger charge is -2.34. The number of benzene rings is 3. The Morgan fingerprint density at radius 3 is 1.97 bits per heavy atom. The molecule has 3 aromatic carbocycles. The molecule has 0 aliphatic heterocycles. The smallest absolute Gasteiger partial charge is 0.283 e. The maximum absolute atomic E-state index is 13.0. The van der Waals surface area contributed by atoms with Gasteiger partial charge in [0.25, 0.3) is 10.1 Å². The highest BCUT2D eigenvalue weighted by molar-refractivity contribution is 7.87. The Morgan fingerprint density at radius 1 is 0.793 bits per heavy atom. The number of halogens is 4. The van der Waals surface area contributed by atoms with Crippen LogP contribution in [0.1, 0.15) is 16.7 Å². The molecule has 0 aromatic heterocycles. The van der Waals surface area contributed by atoms with Crippen LogP contribution in [0.3, 0.4) is 0 Å². The SMILES string of the molecule is O=S(=O)(O)C(c1ccc(Cl)cc1)(c1cc(O)ccc1Cl)c1c(O)ccc(Cl)c1Cl. The van der Waals surface area contributed by atoms with E-state index in [1.165, 1.54) is 42.5 Å². The molecule has 0 fully saturated rings. The molecule has 3 aromatic rings. The molecule has 1 atom stereocenters. The van der Waals surface area contributed by atoms with Crippen molar-refractivity contribution in [2.24, 2.45) is 0 Å². The summed E-state index contributed by atoms with van der Waals surface area (Å²) in [6, 6.07) is 11.4. The number of hydrogen-bond donors (Lipinski definition) is 3. The quantitative estimate of drug-likeness (QED) is 0.311. The zero-order chi connectivity index (χ0) is 21.6. The minimum absolute atomic E-state index is 0.0450. The molecule has 3 rings (SSSR count). The molecule has 10 heteroatoms. The van der Waals surface area contributed by atoms with E-state index >= 15 is 0 Å². The van der Waals surface area contributed by atoms with Crippen LogP contribution in [-0.4, -0.2) is 23.2 Å². The van der Waals surface area contributed by atoms with E-state index in [1.54, 1.807) is 0 Å². The molecule has 0 bridgehead atoms. The summed E-state index contributed by atoms with van der Waals surface area (Å²) < 4.78 is 33.9. The Hall–Kier alpha value is -1.67. The van der Waals surface area contributed by atoms with Gasteiger partial charge in [0.2, 0.25) is 0 Å². The summed E-state index contributed by atoms with van der Waals surface area (Å²) in [6.45, 7) is 0. The molecule has 0 radical (unpaired) electrons. The van der Waals surface area contributed by atoms with E-state index in [4.69, 9.17) is 46.4 Å². The Kier molecular flexibility index (Phi) is 5.98. The van der Waals surface area contributed by atoms with Gasteiger partial charge < -0.3 is 10.2 Å². The van der Waals surface area contributed by atoms with Gasteiger partial charge >= 0.3 is 0 Å². The van der Waals surface area contributed by atoms with Crippen molar-refractivity contribution in [3.05, 3.63) is 91.4 Å². The predicted octanol–water partition coefficient (Wildman–Crippen LogP) is 5.89. The summed E-state index contributed by atoms with van der Waals surface area (Å²) in [5, 5.41) is 20.4. The van der Waals surface area contributed by atoms with Gasteiger partial charge in [-0.25, -0.2) is 0 Å². The minimum Gasteiger partial charge on any atom is -0.508 e. The van der Waals surface area contributed by atoms with E-state index in [0.29, 0.717) is 5.02 Å². The van der Waals surface area contributed by atoms with Gasteiger partial charge in [-0.15, -0.1) is 0 Å². The number of phenols is 2. The van der Waals surface area contributed by atoms with E-state index in [-0.39, 0.29) is 31.9 Å². The molecule has 1 unspecified atom stereocenters. The van der Waals surface area contributed by atoms with Gasteiger partial charge in [-0.05, 0) is 48.0 Å². The topological polar surface area (TPSA) is 94.8 Å². The first kappa shape index (κ1) is 22.0. The summed E-state index contributed by atoms with van der Waals surface area (Å²) in [6.07, 6.45) is 0. The number of aromatic hydroxyl groups is 2. The van der Waals surface area contributed by atoms with Gasteiger partial charge in [-0.2, -0.15) is 8.42 Å². The zero-order valence-corrected chi connectivity index (χ0v) is 18.1. The van der Waals surface area contributed by atoms with Crippen LogP contribution in [0, 0.1) is 0 Å². The largest absolute Gasteiger partial charge is 0.508 e. The van der Waals surface area contributed by atoms with Crippen molar-refractivity contribution in [3.63, 3.8) is 0 Å². The van der Waals surface area contributed by atoms with E-state index in [2.05, 4.69) is 0 Å². The monoisotopic (exact) mass is 492 g/mol. The highest BCUT2D eigenvalue weighted by atomic mass is 35.5. The lowest BCUT2D eigenvalue weighted by atomic mass is 9.83. The molecule has 0 saturated heterocycles. The van der Waals surface area contributed by atoms with Gasteiger partial charge in [-0.1, -0.05) is 58.5 Å². The zero-order valence-electron chi connectivity index (χ0n) is 14.3. The summed E-state index contributed by atoms with van der Waals surface area (Å²) in [5.74, 6) is -0.893. The number of rotatable bonds is 4. The lowest BCUT2D eigenvalue weighted by Crippen LogP contribution is -2.39. The normalized spacial score (nSPS) is 13.8. The summed E-state index contributed by atoms with van der Waals surface area (Å²) in [5.41, 5.74) is -0.719. The first-order chi connectivity index (χ1) is 13.5. The standard InChI is InChI=1S/C19H12Cl4O5S/c20-11-3-1-10(2-4-11)19(29(26,27)28,13-9-12(24)5-6-14(13)21)17-16(25)8-7-15(22)18(17)23/h1-9,24-25H,(H,26,27,28). The maximum Gasteiger partial charge on any atom is 0.283 e. The van der Waals surface area contributed by atoms with Gasteiger partial charge in [0.05, 0.1) is 10.0 Å². The third-order valence-corrected chi connectivity index (χ3v) is 7.21. The van der Waals surface area contributed by atoms with Crippen LogP contribution >= 0.6 is 46.4 Å². The average Bonchev–Trinajstić information content (AvgIpc) is 2.64. The van der Waals surface area contributed by atoms with Crippen molar-refractivity contribution in [2.75, 3.05) is 0 Å². The number of hydrogen-bond acceptors (Lipinski definition) is 4. The van der Waals surface area contributed by atoms with Crippen molar-refractivity contribution < 1.29 is 23.2 Å². The molecule has 5 nitrogen and oxygen atoms in total. The van der Waals surface area contributed by atoms with Crippen LogP contribution in [0.4, 0.5) is 0 Å². The van der Waals surface area contributed by atoms with Crippen molar-refractivity contribution in [2.45, 2.75) is 4.75 Å². The summed E-state index contributed by atoms with van der Waals surface area (Å²) in [4.78, 5) is 0. The lowest BCUT2D eigenvalue weighted by molar-refractivity contribution is 0.439. The van der Waals surface area contributed by atoms with E-state index < -0.39 is 26.2 Å². The van der Waals surface area contributed by atoms with Crippen LogP contribution in [0.15, 0.2) is 54.6 Å². The van der Waals surface area contributed by atoms with Gasteiger partial charge in [0, 0.05) is 21.2 Å². The molecule has 0 heterocycles. The van der Waals surface area contributed by atoms with E-state index in [9.17, 15) is 23.2 Å². The molecule has 152 valence electrons. The summed E-state index contributed by atoms with van der Waals surface area (Å²) in [7, 11) is -5.14. The number of phenolic OH excluding ortho intramolecular Hbond substituents is 2. The summed E-state index contributed by atoms with van der Waals surface area (Å²) >= 11 is 24.6. The molecule has 0 amide bonds. The van der Waals surface area contributed by atoms with Crippen LogP contribution in [0.25, 0.3) is 0 Å². The minimum atomic E-state index is -5.14. The van der Waals surface area contributed by atoms with Crippen molar-refractivity contribution in [1.82, 2.24) is 0 Å². The molecule has 0 aliphatic rings. The van der Waals surface area contributed by atoms with Gasteiger partial charge in [-0.3, -0.25) is 4.55 Å². The molecule has 29 heavy (non-hydrogen) atoms. The Balaban J connectivity index is 2.65. The molecule has 0 aliphatic carbocycles. The van der Waals surface area contributed by atoms with Crippen LogP contribution in [0.5, 0.6) is 11.5 Å². The second-order valence-corrected chi connectivity index (χ2v) is 9.27. The highest BCUT2D eigenvalue weighted by Gasteiger charge is 2.52. The first-order valence-corrected chi connectivity index (χ1v) is 10.8. The van der Waals surface area contributed by atoms with Crippen molar-refractivity contribution in [3.8, 4) is 11.5 Å². The fourth-order valence-corrected chi connectivity index (χ4v) is 5.50. The second kappa shape index (κ2) is 7.87. The molecule has 0 saturated carbocycles. The molecular weight excluding hydrogens is 482 g/mol. The third kappa shape index (κ3) is 3.65. The van der Waals surface area contributed by atoms with Gasteiger partial charge in [0.15, 0.2) is 4.75 Å². The van der Waals surface area contributed by atoms with Crippen LogP contribution in [-0.2, 0) is 14.9 Å². The third-order valence-electron chi connectivity index (χ3n) is 4.39. The molecule has 3 N–H and O–H groups in total. The van der Waals surface area contributed by atoms with E-state index in [0.717, 1.165) is 12.1 Å². The fourth-order valence-electron chi connectivity index (χ4n) is 3.19. The van der Waals surface area contributed by atoms with Crippen LogP contribution in [0.2, 0.25) is 20.1 Å². The Labute approximate surface area is 186 Å².